The molecule has 0 aliphatic rings. The normalized spacial score (nSPS) is 11.0. The number of aliphatic imine (C=N–C) groups is 1. The molecule has 1 aromatic heterocycles. The van der Waals surface area contributed by atoms with E-state index in [9.17, 15) is 5.26 Å². The highest BCUT2D eigenvalue weighted by molar-refractivity contribution is 5.93. The molecule has 166 valence electrons. The number of hydrogen-bond acceptors (Lipinski definition) is 6. The van der Waals surface area contributed by atoms with E-state index in [1.165, 1.54) is 0 Å². The van der Waals surface area contributed by atoms with Crippen molar-refractivity contribution in [2.24, 2.45) is 4.99 Å². The number of aryl methyl sites for hydroxylation is 1. The van der Waals surface area contributed by atoms with E-state index < -0.39 is 0 Å². The number of methoxy groups -OCH3 is 2. The van der Waals surface area contributed by atoms with Crippen LogP contribution in [0.2, 0.25) is 0 Å². The van der Waals surface area contributed by atoms with Gasteiger partial charge in [0.2, 0.25) is 0 Å². The number of hydrogen-bond donors (Lipinski definition) is 3. The molecular weight excluding hydrogens is 406 g/mol. The van der Waals surface area contributed by atoms with E-state index in [1.54, 1.807) is 25.9 Å². The molecule has 3 rings (SSSR count). The Kier molecular flexibility index (Phi) is 7.54. The number of nitrogens with two attached hydrogens (primary N) is 1. The molecule has 0 radical (unpaired) electrons. The van der Waals surface area contributed by atoms with E-state index >= 15 is 0 Å². The Morgan fingerprint density at radius 3 is 2.56 bits per heavy atom. The molecular formula is C23H27N7O2. The van der Waals surface area contributed by atoms with Crippen LogP contribution in [0.15, 0.2) is 53.5 Å². The molecule has 1 heterocycles. The number of nitrogens with zero attached hydrogens (tertiary/aromatic N) is 4. The van der Waals surface area contributed by atoms with Crippen molar-refractivity contribution >= 4 is 17.5 Å². The van der Waals surface area contributed by atoms with Gasteiger partial charge in [-0.15, -0.1) is 0 Å². The average Bonchev–Trinajstić information content (AvgIpc) is 3.16. The first kappa shape index (κ1) is 22.5. The van der Waals surface area contributed by atoms with Crippen molar-refractivity contribution in [3.63, 3.8) is 0 Å². The lowest BCUT2D eigenvalue weighted by Crippen LogP contribution is -2.31. The molecule has 0 unspecified atom stereocenters. The SMILES string of the molecule is CN=C(NCCCc1nn(-c2ccccc2)c(N)c1C#N)Nc1ccc(OC)c(OC)c1. The van der Waals surface area contributed by atoms with Crippen molar-refractivity contribution in [2.45, 2.75) is 12.8 Å². The molecule has 4 N–H and O–H groups in total. The van der Waals surface area contributed by atoms with E-state index in [-0.39, 0.29) is 0 Å². The first-order valence-corrected chi connectivity index (χ1v) is 10.1. The van der Waals surface area contributed by atoms with Gasteiger partial charge in [-0.1, -0.05) is 18.2 Å². The summed E-state index contributed by atoms with van der Waals surface area (Å²) in [7, 11) is 4.89. The van der Waals surface area contributed by atoms with Crippen molar-refractivity contribution in [1.82, 2.24) is 15.1 Å². The van der Waals surface area contributed by atoms with Crippen LogP contribution < -0.4 is 25.8 Å². The summed E-state index contributed by atoms with van der Waals surface area (Å²) in [5.41, 5.74) is 8.90. The van der Waals surface area contributed by atoms with Gasteiger partial charge in [-0.05, 0) is 37.1 Å². The Morgan fingerprint density at radius 2 is 1.91 bits per heavy atom. The lowest BCUT2D eigenvalue weighted by molar-refractivity contribution is 0.355. The van der Waals surface area contributed by atoms with Crippen LogP contribution in [0.3, 0.4) is 0 Å². The minimum atomic E-state index is 0.354. The van der Waals surface area contributed by atoms with Crippen molar-refractivity contribution < 1.29 is 9.47 Å². The smallest absolute Gasteiger partial charge is 0.195 e. The number of aromatic nitrogens is 2. The van der Waals surface area contributed by atoms with Crippen molar-refractivity contribution in [3.05, 3.63) is 59.8 Å². The predicted octanol–water partition coefficient (Wildman–Crippen LogP) is 2.96. The van der Waals surface area contributed by atoms with Gasteiger partial charge in [0.15, 0.2) is 17.5 Å². The minimum absolute atomic E-state index is 0.354. The highest BCUT2D eigenvalue weighted by Crippen LogP contribution is 2.29. The number of benzene rings is 2. The second kappa shape index (κ2) is 10.7. The molecule has 2 aromatic carbocycles. The Morgan fingerprint density at radius 1 is 1.16 bits per heavy atom. The molecule has 9 heteroatoms. The highest BCUT2D eigenvalue weighted by atomic mass is 16.5. The fourth-order valence-corrected chi connectivity index (χ4v) is 3.23. The van der Waals surface area contributed by atoms with Gasteiger partial charge in [-0.2, -0.15) is 10.4 Å². The molecule has 0 aliphatic carbocycles. The van der Waals surface area contributed by atoms with Crippen LogP contribution in [0, 0.1) is 11.3 Å². The van der Waals surface area contributed by atoms with E-state index in [2.05, 4.69) is 26.8 Å². The zero-order chi connectivity index (χ0) is 22.9. The maximum absolute atomic E-state index is 9.54. The van der Waals surface area contributed by atoms with E-state index in [4.69, 9.17) is 15.2 Å². The standard InChI is InChI=1S/C23H27N7O2/c1-26-23(28-16-11-12-20(31-2)21(14-16)32-3)27-13-7-10-19-18(15-24)22(25)30(29-19)17-8-5-4-6-9-17/h4-6,8-9,11-12,14H,7,10,13,25H2,1-3H3,(H2,26,27,28). The summed E-state index contributed by atoms with van der Waals surface area (Å²) in [6.07, 6.45) is 1.35. The molecule has 32 heavy (non-hydrogen) atoms. The second-order valence-electron chi connectivity index (χ2n) is 6.86. The lowest BCUT2D eigenvalue weighted by atomic mass is 10.1. The largest absolute Gasteiger partial charge is 0.493 e. The van der Waals surface area contributed by atoms with Gasteiger partial charge in [-0.25, -0.2) is 4.68 Å². The summed E-state index contributed by atoms with van der Waals surface area (Å²) in [6, 6.07) is 17.3. The molecule has 0 saturated heterocycles. The Balaban J connectivity index is 1.59. The summed E-state index contributed by atoms with van der Waals surface area (Å²) in [6.45, 7) is 0.635. The molecule has 0 spiro atoms. The molecule has 0 fully saturated rings. The van der Waals surface area contributed by atoms with E-state index in [1.807, 2.05) is 48.5 Å². The summed E-state index contributed by atoms with van der Waals surface area (Å²) in [5, 5.41) is 20.6. The average molecular weight is 434 g/mol. The van der Waals surface area contributed by atoms with Gasteiger partial charge in [0, 0.05) is 25.3 Å². The van der Waals surface area contributed by atoms with Crippen molar-refractivity contribution in [1.29, 1.82) is 5.26 Å². The van der Waals surface area contributed by atoms with Gasteiger partial charge >= 0.3 is 0 Å². The van der Waals surface area contributed by atoms with Crippen LogP contribution >= 0.6 is 0 Å². The number of nitriles is 1. The molecule has 0 amide bonds. The third kappa shape index (κ3) is 5.10. The van der Waals surface area contributed by atoms with Crippen LogP contribution in [0.4, 0.5) is 11.5 Å². The molecule has 0 atom stereocenters. The fourth-order valence-electron chi connectivity index (χ4n) is 3.23. The summed E-state index contributed by atoms with van der Waals surface area (Å²) in [4.78, 5) is 4.25. The maximum Gasteiger partial charge on any atom is 0.195 e. The quantitative estimate of drug-likeness (QED) is 0.283. The van der Waals surface area contributed by atoms with Crippen LogP contribution in [-0.2, 0) is 6.42 Å². The third-order valence-corrected chi connectivity index (χ3v) is 4.86. The van der Waals surface area contributed by atoms with Crippen LogP contribution in [0.25, 0.3) is 5.69 Å². The maximum atomic E-state index is 9.54. The van der Waals surface area contributed by atoms with Gasteiger partial charge in [-0.3, -0.25) is 4.99 Å². The summed E-state index contributed by atoms with van der Waals surface area (Å²) < 4.78 is 12.2. The monoisotopic (exact) mass is 433 g/mol. The predicted molar refractivity (Wildman–Crippen MR) is 126 cm³/mol. The Hall–Kier alpha value is -4.19. The second-order valence-corrected chi connectivity index (χ2v) is 6.86. The Bertz CT molecular complexity index is 1120. The van der Waals surface area contributed by atoms with Gasteiger partial charge < -0.3 is 25.8 Å². The van der Waals surface area contributed by atoms with Crippen molar-refractivity contribution in [2.75, 3.05) is 38.9 Å². The highest BCUT2D eigenvalue weighted by Gasteiger charge is 2.16. The molecule has 0 bridgehead atoms. The number of nitrogens with one attached hydrogen (secondary N) is 2. The zero-order valence-corrected chi connectivity index (χ0v) is 18.4. The molecule has 0 saturated carbocycles. The van der Waals surface area contributed by atoms with Crippen LogP contribution in [0.1, 0.15) is 17.7 Å². The number of nitrogen functional groups attached to an aromatic ring is 1. The Labute approximate surface area is 187 Å². The molecule has 9 nitrogen and oxygen atoms in total. The van der Waals surface area contributed by atoms with Crippen LogP contribution in [0.5, 0.6) is 11.5 Å². The number of guanidine groups is 1. The summed E-state index contributed by atoms with van der Waals surface area (Å²) >= 11 is 0. The van der Waals surface area contributed by atoms with Gasteiger partial charge in [0.1, 0.15) is 17.5 Å². The minimum Gasteiger partial charge on any atom is -0.493 e. The lowest BCUT2D eigenvalue weighted by Gasteiger charge is -2.14. The van der Waals surface area contributed by atoms with Gasteiger partial charge in [0.25, 0.3) is 0 Å². The number of anilines is 2. The zero-order valence-electron chi connectivity index (χ0n) is 18.4. The number of ether oxygens (including phenoxy) is 2. The number of rotatable bonds is 8. The first-order chi connectivity index (χ1) is 15.6. The van der Waals surface area contributed by atoms with Crippen molar-refractivity contribution in [3.8, 4) is 23.3 Å². The van der Waals surface area contributed by atoms with Gasteiger partial charge in [0.05, 0.1) is 25.6 Å². The van der Waals surface area contributed by atoms with Crippen LogP contribution in [-0.4, -0.2) is 43.6 Å². The fraction of sp³-hybridized carbons (Fsp3) is 0.261. The third-order valence-electron chi connectivity index (χ3n) is 4.86. The number of para-hydroxylation sites is 1. The summed E-state index contributed by atoms with van der Waals surface area (Å²) in [5.74, 6) is 2.26. The van der Waals surface area contributed by atoms with E-state index in [0.717, 1.165) is 17.8 Å². The molecule has 0 aliphatic heterocycles. The first-order valence-electron chi connectivity index (χ1n) is 10.1. The molecule has 3 aromatic rings. The topological polar surface area (TPSA) is 123 Å². The van der Waals surface area contributed by atoms with E-state index in [0.29, 0.717) is 47.5 Å².